The van der Waals surface area contributed by atoms with Gasteiger partial charge in [0, 0.05) is 30.1 Å². The Hall–Kier alpha value is -2.41. The number of anilines is 1. The molecule has 0 aromatic heterocycles. The van der Waals surface area contributed by atoms with Crippen LogP contribution >= 0.6 is 11.9 Å². The van der Waals surface area contributed by atoms with Crippen LogP contribution < -0.4 is 4.72 Å². The zero-order valence-corrected chi connectivity index (χ0v) is 14.7. The van der Waals surface area contributed by atoms with E-state index in [9.17, 15) is 19.8 Å². The van der Waals surface area contributed by atoms with Gasteiger partial charge in [0.05, 0.1) is 17.2 Å². The second-order valence-electron chi connectivity index (χ2n) is 6.10. The second kappa shape index (κ2) is 7.23. The van der Waals surface area contributed by atoms with Crippen molar-refractivity contribution < 1.29 is 19.8 Å². The number of aromatic hydroxyl groups is 1. The number of phenolic OH excluding ortho intramolecular Hbond substituents is 1. The molecule has 25 heavy (non-hydrogen) atoms. The maximum absolute atomic E-state index is 12.8. The molecule has 0 saturated carbocycles. The Balaban J connectivity index is 1.94. The van der Waals surface area contributed by atoms with Gasteiger partial charge in [0.15, 0.2) is 0 Å². The van der Waals surface area contributed by atoms with E-state index in [0.29, 0.717) is 24.8 Å². The monoisotopic (exact) mass is 360 g/mol. The summed E-state index contributed by atoms with van der Waals surface area (Å²) in [5.74, 6) is -1.82. The number of fused-ring (bicyclic) bond motifs is 1. The molecule has 0 radical (unpaired) electrons. The van der Waals surface area contributed by atoms with Crippen molar-refractivity contribution in [2.45, 2.75) is 12.8 Å². The predicted octanol–water partition coefficient (Wildman–Crippen LogP) is 3.17. The molecule has 0 aliphatic carbocycles. The minimum absolute atomic E-state index is 0.0651. The summed E-state index contributed by atoms with van der Waals surface area (Å²) in [6, 6.07) is 8.90. The van der Waals surface area contributed by atoms with Crippen LogP contribution in [0.2, 0.25) is 0 Å². The summed E-state index contributed by atoms with van der Waals surface area (Å²) in [6.45, 7) is 0.688. The standard InChI is InChI=1S/C18H20N2O4S/c1-25-19-15-6-2-5-13-12(15)7-8-14(16(13)21)17(22)20-9-3-4-11(10-20)18(23)24/h2,5-8,11,19,21H,3-4,9-10H2,1H3,(H,23,24). The molecule has 0 bridgehead atoms. The molecule has 1 amide bonds. The summed E-state index contributed by atoms with van der Waals surface area (Å²) in [7, 11) is 0. The lowest BCUT2D eigenvalue weighted by Gasteiger charge is -2.31. The van der Waals surface area contributed by atoms with Crippen LogP contribution in [0, 0.1) is 5.92 Å². The number of rotatable bonds is 4. The SMILES string of the molecule is CSNc1cccc2c(O)c(C(=O)N3CCCC(C(=O)O)C3)ccc12. The Labute approximate surface area is 150 Å². The highest BCUT2D eigenvalue weighted by molar-refractivity contribution is 7.99. The van der Waals surface area contributed by atoms with Crippen molar-refractivity contribution in [1.82, 2.24) is 4.90 Å². The molecule has 1 saturated heterocycles. The summed E-state index contributed by atoms with van der Waals surface area (Å²) < 4.78 is 3.15. The average molecular weight is 360 g/mol. The van der Waals surface area contributed by atoms with Gasteiger partial charge in [-0.3, -0.25) is 9.59 Å². The number of aliphatic carboxylic acids is 1. The summed E-state index contributed by atoms with van der Waals surface area (Å²) in [5, 5.41) is 21.2. The molecule has 1 aliphatic rings. The number of carboxylic acids is 1. The molecule has 0 spiro atoms. The highest BCUT2D eigenvalue weighted by Crippen LogP contribution is 2.34. The van der Waals surface area contributed by atoms with E-state index in [2.05, 4.69) is 4.72 Å². The van der Waals surface area contributed by atoms with Crippen LogP contribution in [-0.2, 0) is 4.79 Å². The lowest BCUT2D eigenvalue weighted by molar-refractivity contribution is -0.143. The Kier molecular flexibility index (Phi) is 5.03. The molecule has 3 rings (SSSR count). The van der Waals surface area contributed by atoms with Gasteiger partial charge in [0.25, 0.3) is 5.91 Å². The molecule has 1 unspecified atom stereocenters. The molecule has 1 fully saturated rings. The first-order valence-electron chi connectivity index (χ1n) is 8.08. The van der Waals surface area contributed by atoms with E-state index in [0.717, 1.165) is 11.1 Å². The number of piperidine rings is 1. The van der Waals surface area contributed by atoms with Crippen LogP contribution in [0.5, 0.6) is 5.75 Å². The third-order valence-corrected chi connectivity index (χ3v) is 4.96. The molecule has 7 heteroatoms. The van der Waals surface area contributed by atoms with Crippen LogP contribution in [0.1, 0.15) is 23.2 Å². The first kappa shape index (κ1) is 17.4. The smallest absolute Gasteiger partial charge is 0.308 e. The molecular weight excluding hydrogens is 340 g/mol. The number of nitrogens with one attached hydrogen (secondary N) is 1. The number of hydrogen-bond acceptors (Lipinski definition) is 5. The summed E-state index contributed by atoms with van der Waals surface area (Å²) in [5.41, 5.74) is 1.07. The predicted molar refractivity (Wildman–Crippen MR) is 99.0 cm³/mol. The fraction of sp³-hybridized carbons (Fsp3) is 0.333. The third kappa shape index (κ3) is 3.37. The minimum Gasteiger partial charge on any atom is -0.506 e. The van der Waals surface area contributed by atoms with Crippen LogP contribution in [-0.4, -0.2) is 46.3 Å². The number of nitrogens with zero attached hydrogens (tertiary/aromatic N) is 1. The normalized spacial score (nSPS) is 17.5. The van der Waals surface area contributed by atoms with Gasteiger partial charge in [-0.2, -0.15) is 0 Å². The van der Waals surface area contributed by atoms with Crippen molar-refractivity contribution in [2.75, 3.05) is 24.1 Å². The number of amides is 1. The summed E-state index contributed by atoms with van der Waals surface area (Å²) in [6.07, 6.45) is 3.14. The van der Waals surface area contributed by atoms with Crippen molar-refractivity contribution in [3.8, 4) is 5.75 Å². The van der Waals surface area contributed by atoms with Gasteiger partial charge < -0.3 is 19.8 Å². The number of benzene rings is 2. The van der Waals surface area contributed by atoms with E-state index in [1.54, 1.807) is 18.2 Å². The van der Waals surface area contributed by atoms with Crippen LogP contribution in [0.25, 0.3) is 10.8 Å². The number of carbonyl (C=O) groups excluding carboxylic acids is 1. The summed E-state index contributed by atoms with van der Waals surface area (Å²) in [4.78, 5) is 25.5. The zero-order valence-electron chi connectivity index (χ0n) is 13.9. The largest absolute Gasteiger partial charge is 0.506 e. The van der Waals surface area contributed by atoms with Crippen LogP contribution in [0.3, 0.4) is 0 Å². The van der Waals surface area contributed by atoms with Crippen LogP contribution in [0.15, 0.2) is 30.3 Å². The van der Waals surface area contributed by atoms with Crippen molar-refractivity contribution in [2.24, 2.45) is 5.92 Å². The molecular formula is C18H20N2O4S. The van der Waals surface area contributed by atoms with Crippen molar-refractivity contribution in [3.05, 3.63) is 35.9 Å². The lowest BCUT2D eigenvalue weighted by atomic mass is 9.97. The molecule has 6 nitrogen and oxygen atoms in total. The molecule has 2 aromatic carbocycles. The van der Waals surface area contributed by atoms with E-state index >= 15 is 0 Å². The molecule has 1 atom stereocenters. The maximum Gasteiger partial charge on any atom is 0.308 e. The highest BCUT2D eigenvalue weighted by atomic mass is 32.2. The summed E-state index contributed by atoms with van der Waals surface area (Å²) >= 11 is 1.45. The van der Waals surface area contributed by atoms with Crippen molar-refractivity contribution in [1.29, 1.82) is 0 Å². The Bertz CT molecular complexity index is 824. The number of carboxylic acid groups (broad SMARTS) is 1. The number of likely N-dealkylation sites (tertiary alicyclic amines) is 1. The average Bonchev–Trinajstić information content (AvgIpc) is 2.62. The highest BCUT2D eigenvalue weighted by Gasteiger charge is 2.30. The van der Waals surface area contributed by atoms with Crippen LogP contribution in [0.4, 0.5) is 5.69 Å². The molecule has 3 N–H and O–H groups in total. The Morgan fingerprint density at radius 2 is 2.04 bits per heavy atom. The first-order chi connectivity index (χ1) is 12.0. The van der Waals surface area contributed by atoms with Gasteiger partial charge in [-0.1, -0.05) is 30.1 Å². The quantitative estimate of drug-likeness (QED) is 0.726. The molecule has 132 valence electrons. The van der Waals surface area contributed by atoms with Crippen molar-refractivity contribution in [3.63, 3.8) is 0 Å². The van der Waals surface area contributed by atoms with E-state index < -0.39 is 11.9 Å². The number of phenols is 1. The van der Waals surface area contributed by atoms with E-state index in [1.807, 2.05) is 18.4 Å². The molecule has 1 heterocycles. The number of carbonyl (C=O) groups is 2. The first-order valence-corrected chi connectivity index (χ1v) is 9.31. The van der Waals surface area contributed by atoms with Gasteiger partial charge >= 0.3 is 5.97 Å². The Morgan fingerprint density at radius 1 is 1.24 bits per heavy atom. The Morgan fingerprint density at radius 3 is 2.76 bits per heavy atom. The minimum atomic E-state index is -0.881. The van der Waals surface area contributed by atoms with E-state index in [-0.39, 0.29) is 23.8 Å². The zero-order chi connectivity index (χ0) is 18.0. The van der Waals surface area contributed by atoms with Gasteiger partial charge in [-0.25, -0.2) is 0 Å². The van der Waals surface area contributed by atoms with Gasteiger partial charge in [-0.15, -0.1) is 0 Å². The maximum atomic E-state index is 12.8. The lowest BCUT2D eigenvalue weighted by Crippen LogP contribution is -2.42. The molecule has 2 aromatic rings. The van der Waals surface area contributed by atoms with Gasteiger partial charge in [0.1, 0.15) is 5.75 Å². The molecule has 1 aliphatic heterocycles. The van der Waals surface area contributed by atoms with E-state index in [1.165, 1.54) is 16.8 Å². The van der Waals surface area contributed by atoms with Crippen molar-refractivity contribution >= 4 is 40.3 Å². The topological polar surface area (TPSA) is 89.9 Å². The fourth-order valence-corrected chi connectivity index (χ4v) is 3.64. The van der Waals surface area contributed by atoms with Gasteiger partial charge in [-0.05, 0) is 25.0 Å². The van der Waals surface area contributed by atoms with E-state index in [4.69, 9.17) is 0 Å². The third-order valence-electron chi connectivity index (χ3n) is 4.53. The fourth-order valence-electron chi connectivity index (χ4n) is 3.25. The van der Waals surface area contributed by atoms with Gasteiger partial charge in [0.2, 0.25) is 0 Å². The number of hydrogen-bond donors (Lipinski definition) is 3. The second-order valence-corrected chi connectivity index (χ2v) is 6.71.